The number of nitrogen functional groups attached to an aromatic ring is 1. The zero-order chi connectivity index (χ0) is 10.1. The minimum atomic E-state index is -0.380. The Labute approximate surface area is 84.2 Å². The number of carbonyl (C=O) groups is 1. The number of H-pyrrole nitrogens is 1. The Morgan fingerprint density at radius 3 is 3.07 bits per heavy atom. The van der Waals surface area contributed by atoms with Crippen LogP contribution in [0.2, 0.25) is 5.02 Å². The van der Waals surface area contributed by atoms with E-state index >= 15 is 0 Å². The minimum absolute atomic E-state index is 0.380. The summed E-state index contributed by atoms with van der Waals surface area (Å²) < 4.78 is 0. The summed E-state index contributed by atoms with van der Waals surface area (Å²) in [4.78, 5) is 11.2. The van der Waals surface area contributed by atoms with Crippen LogP contribution in [0.15, 0.2) is 18.3 Å². The maximum atomic E-state index is 11.2. The molecule has 0 atom stereocenters. The van der Waals surface area contributed by atoms with Crippen molar-refractivity contribution >= 4 is 28.4 Å². The van der Waals surface area contributed by atoms with Crippen molar-refractivity contribution in [1.29, 1.82) is 0 Å². The summed E-state index contributed by atoms with van der Waals surface area (Å²) in [5.74, 6) is 4.63. The second kappa shape index (κ2) is 3.28. The molecule has 0 aliphatic heterocycles. The summed E-state index contributed by atoms with van der Waals surface area (Å²) >= 11 is 5.91. The van der Waals surface area contributed by atoms with Crippen molar-refractivity contribution in [3.63, 3.8) is 0 Å². The van der Waals surface area contributed by atoms with Crippen LogP contribution in [0.3, 0.4) is 0 Å². The van der Waals surface area contributed by atoms with E-state index in [-0.39, 0.29) is 5.91 Å². The fourth-order valence-electron chi connectivity index (χ4n) is 1.23. The van der Waals surface area contributed by atoms with E-state index in [2.05, 4.69) is 10.2 Å². The molecule has 0 saturated carbocycles. The van der Waals surface area contributed by atoms with E-state index in [1.165, 1.54) is 6.07 Å². The third kappa shape index (κ3) is 1.32. The Hall–Kier alpha value is -1.59. The van der Waals surface area contributed by atoms with Crippen molar-refractivity contribution < 1.29 is 4.79 Å². The number of hydrazine groups is 1. The Morgan fingerprint density at radius 1 is 1.57 bits per heavy atom. The second-order valence-corrected chi connectivity index (χ2v) is 3.17. The third-order valence-corrected chi connectivity index (χ3v) is 2.19. The van der Waals surface area contributed by atoms with E-state index in [0.717, 1.165) is 5.39 Å². The molecule has 14 heavy (non-hydrogen) atoms. The number of benzene rings is 1. The van der Waals surface area contributed by atoms with Crippen LogP contribution in [0.1, 0.15) is 10.4 Å². The summed E-state index contributed by atoms with van der Waals surface area (Å²) in [5, 5.41) is 7.76. The molecule has 72 valence electrons. The highest BCUT2D eigenvalue weighted by atomic mass is 35.5. The van der Waals surface area contributed by atoms with Gasteiger partial charge in [0.25, 0.3) is 5.91 Å². The van der Waals surface area contributed by atoms with Crippen molar-refractivity contribution in [2.75, 3.05) is 0 Å². The molecular weight excluding hydrogens is 204 g/mol. The molecule has 4 N–H and O–H groups in total. The molecule has 1 aromatic carbocycles. The number of nitrogens with one attached hydrogen (secondary N) is 2. The number of carbonyl (C=O) groups excluding carboxylic acids is 1. The lowest BCUT2D eigenvalue weighted by atomic mass is 10.1. The number of aromatic nitrogens is 2. The second-order valence-electron chi connectivity index (χ2n) is 2.77. The molecule has 0 fully saturated rings. The van der Waals surface area contributed by atoms with E-state index in [1.807, 2.05) is 5.43 Å². The van der Waals surface area contributed by atoms with Crippen LogP contribution in [0.5, 0.6) is 0 Å². The lowest BCUT2D eigenvalue weighted by Gasteiger charge is -2.00. The summed E-state index contributed by atoms with van der Waals surface area (Å²) in [6, 6.07) is 3.19. The minimum Gasteiger partial charge on any atom is -0.290 e. The van der Waals surface area contributed by atoms with Gasteiger partial charge in [0.15, 0.2) is 0 Å². The first-order valence-corrected chi connectivity index (χ1v) is 4.23. The smallest absolute Gasteiger partial charge is 0.265 e. The summed E-state index contributed by atoms with van der Waals surface area (Å²) in [7, 11) is 0. The van der Waals surface area contributed by atoms with Crippen LogP contribution >= 0.6 is 11.6 Å². The molecule has 0 saturated heterocycles. The van der Waals surface area contributed by atoms with Crippen molar-refractivity contribution in [3.05, 3.63) is 28.9 Å². The van der Waals surface area contributed by atoms with Crippen LogP contribution in [0.25, 0.3) is 10.9 Å². The molecule has 2 aromatic rings. The topological polar surface area (TPSA) is 83.8 Å². The molecule has 0 aliphatic carbocycles. The first kappa shape index (κ1) is 8.98. The lowest BCUT2D eigenvalue weighted by molar-refractivity contribution is 0.0954. The number of fused-ring (bicyclic) bond motifs is 1. The van der Waals surface area contributed by atoms with Crippen LogP contribution < -0.4 is 11.3 Å². The number of amides is 1. The number of nitrogens with two attached hydrogens (primary N) is 1. The SMILES string of the molecule is NNC(=O)c1cc(Cl)c2[nH]ncc2c1. The summed E-state index contributed by atoms with van der Waals surface area (Å²) in [5.41, 5.74) is 3.15. The van der Waals surface area contributed by atoms with Crippen LogP contribution in [0.4, 0.5) is 0 Å². The normalized spacial score (nSPS) is 10.4. The van der Waals surface area contributed by atoms with Crippen LogP contribution in [0, 0.1) is 0 Å². The van der Waals surface area contributed by atoms with E-state index in [9.17, 15) is 4.79 Å². The van der Waals surface area contributed by atoms with Gasteiger partial charge in [0.2, 0.25) is 0 Å². The van der Waals surface area contributed by atoms with Crippen molar-refractivity contribution in [2.24, 2.45) is 5.84 Å². The highest BCUT2D eigenvalue weighted by Crippen LogP contribution is 2.22. The highest BCUT2D eigenvalue weighted by molar-refractivity contribution is 6.35. The number of nitrogens with zero attached hydrogens (tertiary/aromatic N) is 1. The number of aromatic amines is 1. The Bertz CT molecular complexity index is 493. The van der Waals surface area contributed by atoms with Gasteiger partial charge in [-0.05, 0) is 12.1 Å². The number of halogens is 1. The standard InChI is InChI=1S/C8H7ClN4O/c9-6-2-4(8(14)12-10)1-5-3-11-13-7(5)6/h1-3H,10H2,(H,11,13)(H,12,14). The zero-order valence-corrected chi connectivity index (χ0v) is 7.80. The van der Waals surface area contributed by atoms with Crippen molar-refractivity contribution in [1.82, 2.24) is 15.6 Å². The molecule has 0 unspecified atom stereocenters. The third-order valence-electron chi connectivity index (χ3n) is 1.89. The van der Waals surface area contributed by atoms with Crippen LogP contribution in [-0.2, 0) is 0 Å². The molecule has 0 aliphatic rings. The summed E-state index contributed by atoms with van der Waals surface area (Å²) in [6.07, 6.45) is 1.59. The fraction of sp³-hybridized carbons (Fsp3) is 0. The van der Waals surface area contributed by atoms with Gasteiger partial charge in [-0.25, -0.2) is 5.84 Å². The Balaban J connectivity index is 2.64. The van der Waals surface area contributed by atoms with Gasteiger partial charge in [-0.3, -0.25) is 15.3 Å². The molecular formula is C8H7ClN4O. The molecule has 0 radical (unpaired) electrons. The fourth-order valence-corrected chi connectivity index (χ4v) is 1.50. The molecule has 0 spiro atoms. The molecule has 5 nitrogen and oxygen atoms in total. The van der Waals surface area contributed by atoms with Gasteiger partial charge < -0.3 is 0 Å². The first-order chi connectivity index (χ1) is 6.72. The van der Waals surface area contributed by atoms with Gasteiger partial charge >= 0.3 is 0 Å². The highest BCUT2D eigenvalue weighted by Gasteiger charge is 2.08. The van der Waals surface area contributed by atoms with Gasteiger partial charge in [0.1, 0.15) is 0 Å². The quantitative estimate of drug-likeness (QED) is 0.370. The van der Waals surface area contributed by atoms with Gasteiger partial charge in [-0.15, -0.1) is 0 Å². The first-order valence-electron chi connectivity index (χ1n) is 3.86. The number of hydrogen-bond donors (Lipinski definition) is 3. The van der Waals surface area contributed by atoms with E-state index in [4.69, 9.17) is 17.4 Å². The number of rotatable bonds is 1. The zero-order valence-electron chi connectivity index (χ0n) is 7.04. The van der Waals surface area contributed by atoms with Gasteiger partial charge in [-0.2, -0.15) is 5.10 Å². The Morgan fingerprint density at radius 2 is 2.36 bits per heavy atom. The predicted octanol–water partition coefficient (Wildman–Crippen LogP) is 0.820. The molecule has 1 heterocycles. The lowest BCUT2D eigenvalue weighted by Crippen LogP contribution is -2.29. The Kier molecular flexibility index (Phi) is 2.11. The van der Waals surface area contributed by atoms with Gasteiger partial charge in [-0.1, -0.05) is 11.6 Å². The van der Waals surface area contributed by atoms with Gasteiger partial charge in [0.05, 0.1) is 16.7 Å². The largest absolute Gasteiger partial charge is 0.290 e. The van der Waals surface area contributed by atoms with E-state index in [1.54, 1.807) is 12.3 Å². The average Bonchev–Trinajstić information content (AvgIpc) is 2.64. The predicted molar refractivity (Wildman–Crippen MR) is 52.8 cm³/mol. The monoisotopic (exact) mass is 210 g/mol. The molecule has 6 heteroatoms. The van der Waals surface area contributed by atoms with Crippen molar-refractivity contribution in [2.45, 2.75) is 0 Å². The number of hydrogen-bond acceptors (Lipinski definition) is 3. The summed E-state index contributed by atoms with van der Waals surface area (Å²) in [6.45, 7) is 0. The maximum absolute atomic E-state index is 11.2. The van der Waals surface area contributed by atoms with E-state index in [0.29, 0.717) is 16.1 Å². The molecule has 1 amide bonds. The molecule has 0 bridgehead atoms. The van der Waals surface area contributed by atoms with E-state index < -0.39 is 0 Å². The average molecular weight is 211 g/mol. The van der Waals surface area contributed by atoms with Crippen LogP contribution in [-0.4, -0.2) is 16.1 Å². The van der Waals surface area contributed by atoms with Crippen molar-refractivity contribution in [3.8, 4) is 0 Å². The maximum Gasteiger partial charge on any atom is 0.265 e. The van der Waals surface area contributed by atoms with Gasteiger partial charge in [0, 0.05) is 10.9 Å². The molecule has 1 aromatic heterocycles. The molecule has 2 rings (SSSR count).